The summed E-state index contributed by atoms with van der Waals surface area (Å²) in [5, 5.41) is 1.92. The van der Waals surface area contributed by atoms with Gasteiger partial charge in [-0.25, -0.2) is 0 Å². The zero-order chi connectivity index (χ0) is 19.2. The van der Waals surface area contributed by atoms with E-state index >= 15 is 0 Å². The Labute approximate surface area is 173 Å². The lowest BCUT2D eigenvalue weighted by molar-refractivity contribution is 0.314. The zero-order valence-corrected chi connectivity index (χ0v) is 17.8. The van der Waals surface area contributed by atoms with Crippen LogP contribution in [-0.4, -0.2) is 31.0 Å². The molecule has 7 heteroatoms. The summed E-state index contributed by atoms with van der Waals surface area (Å²) in [6.07, 6.45) is 1.47. The highest BCUT2D eigenvalue weighted by atomic mass is 79.9. The maximum Gasteiger partial charge on any atom is 0.200 e. The second-order valence-electron chi connectivity index (χ2n) is 5.58. The van der Waals surface area contributed by atoms with Crippen LogP contribution >= 0.6 is 31.9 Å². The largest absolute Gasteiger partial charge is 0.493 e. The molecule has 0 spiro atoms. The van der Waals surface area contributed by atoms with Gasteiger partial charge in [-0.3, -0.25) is 4.79 Å². The van der Waals surface area contributed by atoms with Gasteiger partial charge in [0.2, 0.25) is 0 Å². The smallest absolute Gasteiger partial charge is 0.200 e. The number of halogens is 2. The first-order chi connectivity index (χ1) is 13.2. The van der Waals surface area contributed by atoms with Crippen molar-refractivity contribution in [2.45, 2.75) is 0 Å². The fourth-order valence-electron chi connectivity index (χ4n) is 2.66. The summed E-state index contributed by atoms with van der Waals surface area (Å²) >= 11 is 6.65. The van der Waals surface area contributed by atoms with E-state index in [9.17, 15) is 4.79 Å². The highest BCUT2D eigenvalue weighted by Crippen LogP contribution is 2.32. The molecule has 1 aromatic heterocycles. The van der Waals surface area contributed by atoms with E-state index in [2.05, 4.69) is 31.9 Å². The van der Waals surface area contributed by atoms with Crippen LogP contribution in [-0.2, 0) is 0 Å². The molecule has 3 rings (SSSR count). The van der Waals surface area contributed by atoms with Gasteiger partial charge >= 0.3 is 0 Å². The van der Waals surface area contributed by atoms with E-state index in [0.717, 1.165) is 5.33 Å². The van der Waals surface area contributed by atoms with Gasteiger partial charge in [0.25, 0.3) is 0 Å². The third kappa shape index (κ3) is 4.47. The molecule has 0 unspecified atom stereocenters. The second-order valence-corrected chi connectivity index (χ2v) is 7.16. The number of ether oxygens (including phenoxy) is 3. The number of rotatable bonds is 8. The fourth-order valence-corrected chi connectivity index (χ4v) is 2.98. The molecule has 0 saturated carbocycles. The average Bonchev–Trinajstić information content (AvgIpc) is 2.70. The van der Waals surface area contributed by atoms with Gasteiger partial charge in [0.15, 0.2) is 16.9 Å². The number of benzene rings is 2. The molecule has 0 atom stereocenters. The molecule has 1 heterocycles. The molecule has 142 valence electrons. The SMILES string of the molecule is COc1ccc(-c2coc3cc(OCCBr)ccc3c2=O)cc1OCCBr. The van der Waals surface area contributed by atoms with E-state index in [1.54, 1.807) is 37.4 Å². The average molecular weight is 498 g/mol. The van der Waals surface area contributed by atoms with Crippen molar-refractivity contribution in [1.82, 2.24) is 0 Å². The third-order valence-electron chi connectivity index (χ3n) is 3.90. The third-order valence-corrected chi connectivity index (χ3v) is 4.55. The van der Waals surface area contributed by atoms with Crippen molar-refractivity contribution in [3.8, 4) is 28.4 Å². The van der Waals surface area contributed by atoms with E-state index in [-0.39, 0.29) is 5.43 Å². The molecular weight excluding hydrogens is 480 g/mol. The van der Waals surface area contributed by atoms with Crippen molar-refractivity contribution >= 4 is 42.8 Å². The number of hydrogen-bond donors (Lipinski definition) is 0. The fraction of sp³-hybridized carbons (Fsp3) is 0.250. The second kappa shape index (κ2) is 9.28. The normalized spacial score (nSPS) is 10.8. The van der Waals surface area contributed by atoms with E-state index in [0.29, 0.717) is 57.9 Å². The molecule has 0 radical (unpaired) electrons. The Bertz CT molecular complexity index is 984. The molecule has 0 aliphatic rings. The van der Waals surface area contributed by atoms with E-state index < -0.39 is 0 Å². The molecule has 0 saturated heterocycles. The molecule has 27 heavy (non-hydrogen) atoms. The predicted octanol–water partition coefficient (Wildman–Crippen LogP) is 5.02. The van der Waals surface area contributed by atoms with Gasteiger partial charge in [0.05, 0.1) is 31.3 Å². The van der Waals surface area contributed by atoms with Crippen molar-refractivity contribution in [2.75, 3.05) is 31.0 Å². The van der Waals surface area contributed by atoms with Crippen LogP contribution in [0.3, 0.4) is 0 Å². The lowest BCUT2D eigenvalue weighted by atomic mass is 10.0. The highest BCUT2D eigenvalue weighted by Gasteiger charge is 2.13. The molecular formula is C20H18Br2O5. The Morgan fingerprint density at radius 2 is 1.74 bits per heavy atom. The molecule has 0 amide bonds. The Morgan fingerprint density at radius 3 is 2.48 bits per heavy atom. The summed E-state index contributed by atoms with van der Waals surface area (Å²) in [6.45, 7) is 1.03. The Balaban J connectivity index is 2.01. The first-order valence-corrected chi connectivity index (χ1v) is 10.5. The molecule has 5 nitrogen and oxygen atoms in total. The molecule has 2 aromatic carbocycles. The van der Waals surface area contributed by atoms with Crippen molar-refractivity contribution in [3.63, 3.8) is 0 Å². The van der Waals surface area contributed by atoms with E-state index in [1.807, 2.05) is 6.07 Å². The van der Waals surface area contributed by atoms with Gasteiger partial charge in [0, 0.05) is 16.7 Å². The summed E-state index contributed by atoms with van der Waals surface area (Å²) in [4.78, 5) is 12.9. The molecule has 3 aromatic rings. The van der Waals surface area contributed by atoms with Gasteiger partial charge in [-0.2, -0.15) is 0 Å². The van der Waals surface area contributed by atoms with Crippen LogP contribution in [0, 0.1) is 0 Å². The summed E-state index contributed by atoms with van der Waals surface area (Å²) in [6, 6.07) is 10.6. The van der Waals surface area contributed by atoms with Gasteiger partial charge in [-0.15, -0.1) is 0 Å². The summed E-state index contributed by atoms with van der Waals surface area (Å²) in [7, 11) is 1.58. The summed E-state index contributed by atoms with van der Waals surface area (Å²) < 4.78 is 22.3. The topological polar surface area (TPSA) is 57.9 Å². The summed E-state index contributed by atoms with van der Waals surface area (Å²) in [5.74, 6) is 1.85. The van der Waals surface area contributed by atoms with Crippen LogP contribution in [0.15, 0.2) is 51.9 Å². The molecule has 0 fully saturated rings. The van der Waals surface area contributed by atoms with Gasteiger partial charge < -0.3 is 18.6 Å². The van der Waals surface area contributed by atoms with Crippen molar-refractivity contribution < 1.29 is 18.6 Å². The summed E-state index contributed by atoms with van der Waals surface area (Å²) in [5.41, 5.74) is 1.54. The van der Waals surface area contributed by atoms with Gasteiger partial charge in [-0.1, -0.05) is 37.9 Å². The molecule has 0 aliphatic carbocycles. The van der Waals surface area contributed by atoms with Crippen LogP contribution in [0.4, 0.5) is 0 Å². The maximum absolute atomic E-state index is 12.9. The Kier molecular flexibility index (Phi) is 6.79. The number of fused-ring (bicyclic) bond motifs is 1. The quantitative estimate of drug-likeness (QED) is 0.409. The first-order valence-electron chi connectivity index (χ1n) is 8.29. The van der Waals surface area contributed by atoms with Gasteiger partial charge in [0.1, 0.15) is 17.6 Å². The van der Waals surface area contributed by atoms with E-state index in [1.165, 1.54) is 6.26 Å². The maximum atomic E-state index is 12.9. The number of alkyl halides is 2. The Hall–Kier alpha value is -1.99. The monoisotopic (exact) mass is 496 g/mol. The number of hydrogen-bond acceptors (Lipinski definition) is 5. The molecule has 0 N–H and O–H groups in total. The molecule has 0 aliphatic heterocycles. The van der Waals surface area contributed by atoms with Crippen molar-refractivity contribution in [2.24, 2.45) is 0 Å². The minimum absolute atomic E-state index is 0.111. The van der Waals surface area contributed by atoms with Crippen LogP contribution < -0.4 is 19.6 Å². The lowest BCUT2D eigenvalue weighted by Crippen LogP contribution is -2.06. The van der Waals surface area contributed by atoms with Crippen molar-refractivity contribution in [3.05, 3.63) is 52.9 Å². The standard InChI is InChI=1S/C20H18Br2O5/c1-24-17-5-2-13(10-19(17)26-9-7-22)16-12-27-18-11-14(25-8-6-21)3-4-15(18)20(16)23/h2-5,10-12H,6-9H2,1H3. The molecule has 0 bridgehead atoms. The van der Waals surface area contributed by atoms with Gasteiger partial charge in [-0.05, 0) is 29.8 Å². The predicted molar refractivity (Wildman–Crippen MR) is 113 cm³/mol. The lowest BCUT2D eigenvalue weighted by Gasteiger charge is -2.12. The minimum atomic E-state index is -0.111. The van der Waals surface area contributed by atoms with Crippen molar-refractivity contribution in [1.29, 1.82) is 0 Å². The minimum Gasteiger partial charge on any atom is -0.493 e. The Morgan fingerprint density at radius 1 is 0.963 bits per heavy atom. The van der Waals surface area contributed by atoms with Crippen LogP contribution in [0.2, 0.25) is 0 Å². The highest BCUT2D eigenvalue weighted by molar-refractivity contribution is 9.09. The zero-order valence-electron chi connectivity index (χ0n) is 14.7. The van der Waals surface area contributed by atoms with Crippen LogP contribution in [0.1, 0.15) is 0 Å². The van der Waals surface area contributed by atoms with Crippen LogP contribution in [0.25, 0.3) is 22.1 Å². The van der Waals surface area contributed by atoms with E-state index in [4.69, 9.17) is 18.6 Å². The van der Waals surface area contributed by atoms with Crippen LogP contribution in [0.5, 0.6) is 17.2 Å². The number of methoxy groups -OCH3 is 1. The first kappa shape index (κ1) is 19.8.